The van der Waals surface area contributed by atoms with Crippen LogP contribution >= 0.6 is 0 Å². The molecule has 2 unspecified atom stereocenters. The van der Waals surface area contributed by atoms with Crippen molar-refractivity contribution in [2.24, 2.45) is 5.92 Å². The molecule has 0 saturated carbocycles. The molecule has 70 valence electrons. The molecular formula is C10H19NO. The fourth-order valence-electron chi connectivity index (χ4n) is 1.81. The van der Waals surface area contributed by atoms with Crippen LogP contribution < -0.4 is 0 Å². The van der Waals surface area contributed by atoms with E-state index in [1.54, 1.807) is 0 Å². The normalized spacial score (nSPS) is 28.3. The topological polar surface area (TPSA) is 20.3 Å². The summed E-state index contributed by atoms with van der Waals surface area (Å²) in [7, 11) is 0. The summed E-state index contributed by atoms with van der Waals surface area (Å²) in [6.07, 6.45) is 4.59. The summed E-state index contributed by atoms with van der Waals surface area (Å²) < 4.78 is 0. The maximum absolute atomic E-state index is 10.6. The van der Waals surface area contributed by atoms with Crippen LogP contribution in [0.25, 0.3) is 0 Å². The van der Waals surface area contributed by atoms with E-state index < -0.39 is 0 Å². The summed E-state index contributed by atoms with van der Waals surface area (Å²) in [5.41, 5.74) is 0. The molecule has 2 atom stereocenters. The number of rotatable bonds is 3. The van der Waals surface area contributed by atoms with Crippen LogP contribution in [-0.4, -0.2) is 30.3 Å². The van der Waals surface area contributed by atoms with E-state index in [4.69, 9.17) is 0 Å². The maximum Gasteiger partial charge on any atom is 0.124 e. The van der Waals surface area contributed by atoms with Crippen molar-refractivity contribution in [1.29, 1.82) is 0 Å². The molecule has 0 spiro atoms. The summed E-state index contributed by atoms with van der Waals surface area (Å²) in [5.74, 6) is 0.299. The van der Waals surface area contributed by atoms with E-state index in [1.807, 2.05) is 0 Å². The van der Waals surface area contributed by atoms with Gasteiger partial charge in [0, 0.05) is 18.5 Å². The zero-order valence-electron chi connectivity index (χ0n) is 8.12. The van der Waals surface area contributed by atoms with E-state index in [0.717, 1.165) is 19.3 Å². The molecule has 2 nitrogen and oxygen atoms in total. The number of likely N-dealkylation sites (tertiary alicyclic amines) is 1. The lowest BCUT2D eigenvalue weighted by Crippen LogP contribution is -2.41. The zero-order chi connectivity index (χ0) is 8.97. The van der Waals surface area contributed by atoms with E-state index in [9.17, 15) is 4.79 Å². The third kappa shape index (κ3) is 2.31. The number of hydrogen-bond donors (Lipinski definition) is 0. The summed E-state index contributed by atoms with van der Waals surface area (Å²) >= 11 is 0. The van der Waals surface area contributed by atoms with Crippen LogP contribution in [0.4, 0.5) is 0 Å². The van der Waals surface area contributed by atoms with E-state index in [-0.39, 0.29) is 0 Å². The second-order valence-corrected chi connectivity index (χ2v) is 3.79. The lowest BCUT2D eigenvalue weighted by Gasteiger charge is -2.34. The first kappa shape index (κ1) is 9.72. The van der Waals surface area contributed by atoms with Crippen molar-refractivity contribution < 1.29 is 4.79 Å². The molecule has 1 rings (SSSR count). The Labute approximate surface area is 74.9 Å². The molecule has 12 heavy (non-hydrogen) atoms. The van der Waals surface area contributed by atoms with Crippen molar-refractivity contribution in [1.82, 2.24) is 4.90 Å². The fraction of sp³-hybridized carbons (Fsp3) is 0.900. The van der Waals surface area contributed by atoms with Gasteiger partial charge < -0.3 is 4.79 Å². The van der Waals surface area contributed by atoms with Crippen molar-refractivity contribution in [3.63, 3.8) is 0 Å². The van der Waals surface area contributed by atoms with Gasteiger partial charge >= 0.3 is 0 Å². The average Bonchev–Trinajstić information content (AvgIpc) is 2.17. The molecule has 0 aromatic heterocycles. The average molecular weight is 169 g/mol. The van der Waals surface area contributed by atoms with Gasteiger partial charge in [-0.1, -0.05) is 6.92 Å². The monoisotopic (exact) mass is 169 g/mol. The van der Waals surface area contributed by atoms with Gasteiger partial charge in [0.25, 0.3) is 0 Å². The van der Waals surface area contributed by atoms with Crippen LogP contribution in [-0.2, 0) is 4.79 Å². The van der Waals surface area contributed by atoms with Gasteiger partial charge in [-0.3, -0.25) is 4.90 Å². The SMILES string of the molecule is CCC(C)N1CCCC(C=O)C1. The second kappa shape index (κ2) is 4.61. The number of carbonyl (C=O) groups excluding carboxylic acids is 1. The quantitative estimate of drug-likeness (QED) is 0.599. The van der Waals surface area contributed by atoms with Gasteiger partial charge in [0.15, 0.2) is 0 Å². The fourth-order valence-corrected chi connectivity index (χ4v) is 1.81. The molecule has 1 saturated heterocycles. The Morgan fingerprint density at radius 3 is 3.00 bits per heavy atom. The first-order valence-corrected chi connectivity index (χ1v) is 4.97. The Morgan fingerprint density at radius 2 is 2.42 bits per heavy atom. The molecule has 0 bridgehead atoms. The highest BCUT2D eigenvalue weighted by Crippen LogP contribution is 2.17. The molecule has 1 fully saturated rings. The molecular weight excluding hydrogens is 150 g/mol. The second-order valence-electron chi connectivity index (χ2n) is 3.79. The van der Waals surface area contributed by atoms with Crippen LogP contribution in [0, 0.1) is 5.92 Å². The summed E-state index contributed by atoms with van der Waals surface area (Å²) in [6.45, 7) is 6.61. The zero-order valence-corrected chi connectivity index (χ0v) is 8.12. The minimum Gasteiger partial charge on any atom is -0.303 e. The number of hydrogen-bond acceptors (Lipinski definition) is 2. The Hall–Kier alpha value is -0.370. The summed E-state index contributed by atoms with van der Waals surface area (Å²) in [5, 5.41) is 0. The predicted molar refractivity (Wildman–Crippen MR) is 50.1 cm³/mol. The molecule has 1 aliphatic rings. The Bertz CT molecular complexity index is 147. The van der Waals surface area contributed by atoms with Crippen LogP contribution in [0.2, 0.25) is 0 Å². The van der Waals surface area contributed by atoms with Crippen LogP contribution in [0.5, 0.6) is 0 Å². The van der Waals surface area contributed by atoms with Crippen molar-refractivity contribution in [2.45, 2.75) is 39.2 Å². The highest BCUT2D eigenvalue weighted by molar-refractivity contribution is 5.53. The molecule has 0 amide bonds. The Balaban J connectivity index is 2.39. The summed E-state index contributed by atoms with van der Waals surface area (Å²) in [4.78, 5) is 13.0. The number of aldehydes is 1. The Morgan fingerprint density at radius 1 is 1.67 bits per heavy atom. The van der Waals surface area contributed by atoms with Gasteiger partial charge in [-0.25, -0.2) is 0 Å². The minimum absolute atomic E-state index is 0.299. The van der Waals surface area contributed by atoms with Gasteiger partial charge in [0.2, 0.25) is 0 Å². The van der Waals surface area contributed by atoms with E-state index in [1.165, 1.54) is 19.4 Å². The van der Waals surface area contributed by atoms with Crippen molar-refractivity contribution in [3.05, 3.63) is 0 Å². The van der Waals surface area contributed by atoms with Gasteiger partial charge in [0.1, 0.15) is 6.29 Å². The van der Waals surface area contributed by atoms with Crippen LogP contribution in [0.3, 0.4) is 0 Å². The standard InChI is InChI=1S/C10H19NO/c1-3-9(2)11-6-4-5-10(7-11)8-12/h8-10H,3-7H2,1-2H3. The smallest absolute Gasteiger partial charge is 0.124 e. The third-order valence-electron chi connectivity index (χ3n) is 2.90. The molecule has 0 aliphatic carbocycles. The lowest BCUT2D eigenvalue weighted by molar-refractivity contribution is -0.112. The van der Waals surface area contributed by atoms with Gasteiger partial charge in [0.05, 0.1) is 0 Å². The number of nitrogens with zero attached hydrogens (tertiary/aromatic N) is 1. The maximum atomic E-state index is 10.6. The minimum atomic E-state index is 0.299. The van der Waals surface area contributed by atoms with Gasteiger partial charge in [-0.15, -0.1) is 0 Å². The highest BCUT2D eigenvalue weighted by Gasteiger charge is 2.21. The van der Waals surface area contributed by atoms with Crippen LogP contribution in [0.15, 0.2) is 0 Å². The van der Waals surface area contributed by atoms with Crippen LogP contribution in [0.1, 0.15) is 33.1 Å². The van der Waals surface area contributed by atoms with Gasteiger partial charge in [-0.2, -0.15) is 0 Å². The number of carbonyl (C=O) groups is 1. The van der Waals surface area contributed by atoms with E-state index >= 15 is 0 Å². The predicted octanol–water partition coefficient (Wildman–Crippen LogP) is 1.70. The van der Waals surface area contributed by atoms with Crippen molar-refractivity contribution in [3.8, 4) is 0 Å². The molecule has 0 aromatic rings. The van der Waals surface area contributed by atoms with Crippen molar-refractivity contribution in [2.75, 3.05) is 13.1 Å². The van der Waals surface area contributed by atoms with E-state index in [0.29, 0.717) is 12.0 Å². The molecule has 1 aliphatic heterocycles. The Kier molecular flexibility index (Phi) is 3.73. The lowest BCUT2D eigenvalue weighted by atomic mass is 9.98. The summed E-state index contributed by atoms with van der Waals surface area (Å²) in [6, 6.07) is 0.646. The van der Waals surface area contributed by atoms with Gasteiger partial charge in [-0.05, 0) is 32.7 Å². The molecule has 0 N–H and O–H groups in total. The third-order valence-corrected chi connectivity index (χ3v) is 2.90. The van der Waals surface area contributed by atoms with Crippen molar-refractivity contribution >= 4 is 6.29 Å². The molecule has 0 aromatic carbocycles. The molecule has 1 heterocycles. The first-order chi connectivity index (χ1) is 5.77. The first-order valence-electron chi connectivity index (χ1n) is 4.97. The number of piperidine rings is 1. The van der Waals surface area contributed by atoms with E-state index in [2.05, 4.69) is 18.7 Å². The largest absolute Gasteiger partial charge is 0.303 e. The molecule has 2 heteroatoms. The highest BCUT2D eigenvalue weighted by atomic mass is 16.1. The molecule has 0 radical (unpaired) electrons.